The SMILES string of the molecule is COc1ccc(/C=N\NC(=O)c2ccc(OCc3ccc(Cl)cc3Cl)cc2)cc1OC. The second kappa shape index (κ2) is 10.7. The third-order valence-corrected chi connectivity index (χ3v) is 4.90. The second-order valence-corrected chi connectivity index (χ2v) is 7.21. The van der Waals surface area contributed by atoms with Crippen LogP contribution in [0.2, 0.25) is 10.0 Å². The third-order valence-electron chi connectivity index (χ3n) is 4.31. The molecule has 0 spiro atoms. The van der Waals surface area contributed by atoms with Crippen molar-refractivity contribution in [1.82, 2.24) is 5.43 Å². The minimum atomic E-state index is -0.343. The molecule has 0 radical (unpaired) electrons. The van der Waals surface area contributed by atoms with Crippen molar-refractivity contribution in [3.05, 3.63) is 87.4 Å². The molecular formula is C23H20Cl2N2O4. The maximum atomic E-state index is 12.3. The molecule has 160 valence electrons. The third kappa shape index (κ3) is 6.13. The van der Waals surface area contributed by atoms with Crippen LogP contribution in [-0.4, -0.2) is 26.3 Å². The van der Waals surface area contributed by atoms with Crippen LogP contribution in [0.25, 0.3) is 0 Å². The summed E-state index contributed by atoms with van der Waals surface area (Å²) in [4.78, 5) is 12.3. The lowest BCUT2D eigenvalue weighted by Gasteiger charge is -2.09. The Bertz CT molecular complexity index is 1090. The lowest BCUT2D eigenvalue weighted by atomic mass is 10.2. The van der Waals surface area contributed by atoms with E-state index in [1.165, 1.54) is 6.21 Å². The zero-order chi connectivity index (χ0) is 22.2. The highest BCUT2D eigenvalue weighted by Gasteiger charge is 2.07. The van der Waals surface area contributed by atoms with Gasteiger partial charge < -0.3 is 14.2 Å². The van der Waals surface area contributed by atoms with E-state index in [2.05, 4.69) is 10.5 Å². The number of carbonyl (C=O) groups is 1. The monoisotopic (exact) mass is 458 g/mol. The summed E-state index contributed by atoms with van der Waals surface area (Å²) >= 11 is 12.0. The van der Waals surface area contributed by atoms with Crippen LogP contribution < -0.4 is 19.6 Å². The highest BCUT2D eigenvalue weighted by Crippen LogP contribution is 2.27. The van der Waals surface area contributed by atoms with Gasteiger partial charge in [-0.3, -0.25) is 4.79 Å². The summed E-state index contributed by atoms with van der Waals surface area (Å²) in [6, 6.07) is 17.3. The van der Waals surface area contributed by atoms with Crippen molar-refractivity contribution in [3.63, 3.8) is 0 Å². The standard InChI is InChI=1S/C23H20Cl2N2O4/c1-29-21-10-3-15(11-22(21)30-2)13-26-27-23(28)16-5-8-19(9-6-16)31-14-17-4-7-18(24)12-20(17)25/h3-13H,14H2,1-2H3,(H,27,28)/b26-13-. The van der Waals surface area contributed by atoms with E-state index in [0.717, 1.165) is 11.1 Å². The van der Waals surface area contributed by atoms with E-state index in [4.69, 9.17) is 37.4 Å². The average Bonchev–Trinajstić information content (AvgIpc) is 2.78. The largest absolute Gasteiger partial charge is 0.493 e. The number of hydrazone groups is 1. The number of carbonyl (C=O) groups excluding carboxylic acids is 1. The summed E-state index contributed by atoms with van der Waals surface area (Å²) in [6.45, 7) is 0.289. The normalized spacial score (nSPS) is 10.7. The lowest BCUT2D eigenvalue weighted by molar-refractivity contribution is 0.0955. The number of amides is 1. The summed E-state index contributed by atoms with van der Waals surface area (Å²) < 4.78 is 16.2. The van der Waals surface area contributed by atoms with Gasteiger partial charge in [0.1, 0.15) is 12.4 Å². The molecule has 3 rings (SSSR count). The first-order valence-corrected chi connectivity index (χ1v) is 9.98. The van der Waals surface area contributed by atoms with Crippen LogP contribution in [0.1, 0.15) is 21.5 Å². The van der Waals surface area contributed by atoms with Crippen molar-refractivity contribution in [2.75, 3.05) is 14.2 Å². The van der Waals surface area contributed by atoms with E-state index in [1.54, 1.807) is 68.8 Å². The molecule has 0 aromatic heterocycles. The van der Waals surface area contributed by atoms with Gasteiger partial charge in [0.2, 0.25) is 0 Å². The summed E-state index contributed by atoms with van der Waals surface area (Å²) in [5.74, 6) is 1.46. The second-order valence-electron chi connectivity index (χ2n) is 6.36. The van der Waals surface area contributed by atoms with Gasteiger partial charge >= 0.3 is 0 Å². The van der Waals surface area contributed by atoms with Crippen LogP contribution in [-0.2, 0) is 6.61 Å². The summed E-state index contributed by atoms with van der Waals surface area (Å²) in [5, 5.41) is 5.09. The van der Waals surface area contributed by atoms with Crippen LogP contribution in [0.3, 0.4) is 0 Å². The molecule has 0 aliphatic carbocycles. The Morgan fingerprint density at radius 3 is 2.39 bits per heavy atom. The minimum Gasteiger partial charge on any atom is -0.493 e. The fourth-order valence-corrected chi connectivity index (χ4v) is 3.13. The van der Waals surface area contributed by atoms with Gasteiger partial charge in [-0.05, 0) is 60.2 Å². The van der Waals surface area contributed by atoms with Crippen LogP contribution in [0.5, 0.6) is 17.2 Å². The topological polar surface area (TPSA) is 69.2 Å². The van der Waals surface area contributed by atoms with Crippen LogP contribution in [0.4, 0.5) is 0 Å². The van der Waals surface area contributed by atoms with Gasteiger partial charge in [-0.25, -0.2) is 5.43 Å². The first-order valence-electron chi connectivity index (χ1n) is 9.22. The van der Waals surface area contributed by atoms with Crippen LogP contribution >= 0.6 is 23.2 Å². The minimum absolute atomic E-state index is 0.289. The number of rotatable bonds is 8. The van der Waals surface area contributed by atoms with Crippen LogP contribution in [0.15, 0.2) is 65.8 Å². The molecule has 0 saturated carbocycles. The van der Waals surface area contributed by atoms with Gasteiger partial charge in [0.15, 0.2) is 11.5 Å². The zero-order valence-electron chi connectivity index (χ0n) is 16.9. The fraction of sp³-hybridized carbons (Fsp3) is 0.130. The molecule has 1 N–H and O–H groups in total. The summed E-state index contributed by atoms with van der Waals surface area (Å²) in [7, 11) is 3.12. The molecule has 1 amide bonds. The number of nitrogens with one attached hydrogen (secondary N) is 1. The van der Waals surface area contributed by atoms with Gasteiger partial charge in [0, 0.05) is 21.2 Å². The number of nitrogens with zero attached hydrogens (tertiary/aromatic N) is 1. The quantitative estimate of drug-likeness (QED) is 0.364. The Labute approximate surface area is 190 Å². The molecule has 31 heavy (non-hydrogen) atoms. The van der Waals surface area contributed by atoms with Gasteiger partial charge in [0.25, 0.3) is 5.91 Å². The Morgan fingerprint density at radius 1 is 0.968 bits per heavy atom. The highest BCUT2D eigenvalue weighted by molar-refractivity contribution is 6.35. The molecule has 0 fully saturated rings. The molecule has 0 aliphatic heterocycles. The maximum absolute atomic E-state index is 12.3. The number of methoxy groups -OCH3 is 2. The van der Waals surface area contributed by atoms with E-state index in [9.17, 15) is 4.79 Å². The van der Waals surface area contributed by atoms with Crippen molar-refractivity contribution < 1.29 is 19.0 Å². The average molecular weight is 459 g/mol. The first kappa shape index (κ1) is 22.5. The van der Waals surface area contributed by atoms with Gasteiger partial charge in [-0.15, -0.1) is 0 Å². The highest BCUT2D eigenvalue weighted by atomic mass is 35.5. The number of hydrogen-bond donors (Lipinski definition) is 1. The Hall–Kier alpha value is -3.22. The summed E-state index contributed by atoms with van der Waals surface area (Å²) in [5.41, 5.74) is 4.51. The predicted octanol–water partition coefficient (Wildman–Crippen LogP) is 5.35. The molecule has 0 atom stereocenters. The fourth-order valence-electron chi connectivity index (χ4n) is 2.67. The molecule has 3 aromatic rings. The first-order chi connectivity index (χ1) is 15.0. The summed E-state index contributed by atoms with van der Waals surface area (Å²) in [6.07, 6.45) is 1.52. The Balaban J connectivity index is 1.55. The van der Waals surface area contributed by atoms with Crippen molar-refractivity contribution in [1.29, 1.82) is 0 Å². The van der Waals surface area contributed by atoms with Gasteiger partial charge in [-0.2, -0.15) is 5.10 Å². The van der Waals surface area contributed by atoms with E-state index < -0.39 is 0 Å². The van der Waals surface area contributed by atoms with E-state index in [-0.39, 0.29) is 12.5 Å². The van der Waals surface area contributed by atoms with Gasteiger partial charge in [-0.1, -0.05) is 29.3 Å². The zero-order valence-corrected chi connectivity index (χ0v) is 18.4. The molecule has 8 heteroatoms. The van der Waals surface area contributed by atoms with Gasteiger partial charge in [0.05, 0.1) is 20.4 Å². The number of ether oxygens (including phenoxy) is 3. The number of benzene rings is 3. The number of hydrogen-bond acceptors (Lipinski definition) is 5. The van der Waals surface area contributed by atoms with Crippen molar-refractivity contribution >= 4 is 35.3 Å². The van der Waals surface area contributed by atoms with E-state index >= 15 is 0 Å². The van der Waals surface area contributed by atoms with Crippen LogP contribution in [0, 0.1) is 0 Å². The molecular weight excluding hydrogens is 439 g/mol. The molecule has 0 saturated heterocycles. The maximum Gasteiger partial charge on any atom is 0.271 e. The smallest absolute Gasteiger partial charge is 0.271 e. The van der Waals surface area contributed by atoms with Crippen molar-refractivity contribution in [2.45, 2.75) is 6.61 Å². The molecule has 3 aromatic carbocycles. The number of halogens is 2. The van der Waals surface area contributed by atoms with E-state index in [0.29, 0.717) is 32.9 Å². The Morgan fingerprint density at radius 2 is 1.71 bits per heavy atom. The van der Waals surface area contributed by atoms with Crippen molar-refractivity contribution in [2.24, 2.45) is 5.10 Å². The molecule has 0 unspecified atom stereocenters. The lowest BCUT2D eigenvalue weighted by Crippen LogP contribution is -2.17. The molecule has 0 bridgehead atoms. The predicted molar refractivity (Wildman–Crippen MR) is 122 cm³/mol. The Kier molecular flexibility index (Phi) is 7.76. The molecule has 6 nitrogen and oxygen atoms in total. The van der Waals surface area contributed by atoms with E-state index in [1.807, 2.05) is 6.07 Å². The molecule has 0 heterocycles. The van der Waals surface area contributed by atoms with Crippen molar-refractivity contribution in [3.8, 4) is 17.2 Å². The molecule has 0 aliphatic rings.